The lowest BCUT2D eigenvalue weighted by Gasteiger charge is -2.24. The monoisotopic (exact) mass is 288 g/mol. The Kier molecular flexibility index (Phi) is 4.19. The van der Waals surface area contributed by atoms with Gasteiger partial charge in [-0.05, 0) is 33.8 Å². The van der Waals surface area contributed by atoms with Crippen molar-refractivity contribution in [2.24, 2.45) is 5.41 Å². The van der Waals surface area contributed by atoms with Crippen molar-refractivity contribution in [3.05, 3.63) is 22.4 Å². The van der Waals surface area contributed by atoms with Crippen molar-refractivity contribution in [3.63, 3.8) is 0 Å². The van der Waals surface area contributed by atoms with Crippen LogP contribution in [0.2, 0.25) is 0 Å². The summed E-state index contributed by atoms with van der Waals surface area (Å²) in [7, 11) is 0. The van der Waals surface area contributed by atoms with Crippen LogP contribution in [-0.2, 0) is 0 Å². The van der Waals surface area contributed by atoms with Crippen molar-refractivity contribution in [2.75, 3.05) is 17.6 Å². The fourth-order valence-electron chi connectivity index (χ4n) is 1.17. The van der Waals surface area contributed by atoms with Gasteiger partial charge < -0.3 is 11.1 Å². The van der Waals surface area contributed by atoms with Gasteiger partial charge in [-0.3, -0.25) is 0 Å². The van der Waals surface area contributed by atoms with E-state index in [1.165, 1.54) is 6.07 Å². The van der Waals surface area contributed by atoms with E-state index in [9.17, 15) is 4.39 Å². The van der Waals surface area contributed by atoms with Gasteiger partial charge in [-0.25, -0.2) is 4.39 Å². The number of nitrogen functional groups attached to an aromatic ring is 1. The van der Waals surface area contributed by atoms with Gasteiger partial charge in [0.15, 0.2) is 0 Å². The Hall–Kier alpha value is -0.770. The molecule has 0 saturated heterocycles. The molecule has 0 atom stereocenters. The minimum atomic E-state index is -0.335. The number of nitrogens with two attached hydrogens (primary N) is 1. The van der Waals surface area contributed by atoms with Crippen LogP contribution in [0.25, 0.3) is 0 Å². The van der Waals surface area contributed by atoms with Crippen molar-refractivity contribution in [2.45, 2.75) is 27.2 Å². The molecule has 2 nitrogen and oxygen atoms in total. The molecule has 3 N–H and O–H groups in total. The molecule has 0 radical (unpaired) electrons. The van der Waals surface area contributed by atoms with Crippen molar-refractivity contribution < 1.29 is 4.39 Å². The summed E-state index contributed by atoms with van der Waals surface area (Å²) in [6.45, 7) is 7.31. The van der Waals surface area contributed by atoms with Crippen molar-refractivity contribution in [1.82, 2.24) is 0 Å². The summed E-state index contributed by atoms with van der Waals surface area (Å²) in [5.74, 6) is -0.335. The summed E-state index contributed by atoms with van der Waals surface area (Å²) < 4.78 is 13.6. The van der Waals surface area contributed by atoms with E-state index in [0.717, 1.165) is 18.7 Å². The van der Waals surface area contributed by atoms with Gasteiger partial charge in [0.2, 0.25) is 0 Å². The quantitative estimate of drug-likeness (QED) is 0.822. The van der Waals surface area contributed by atoms with Gasteiger partial charge in [-0.2, -0.15) is 0 Å². The second-order valence-corrected chi connectivity index (χ2v) is 5.58. The molecule has 16 heavy (non-hydrogen) atoms. The van der Waals surface area contributed by atoms with E-state index in [4.69, 9.17) is 5.73 Å². The molecule has 0 spiro atoms. The second kappa shape index (κ2) is 5.04. The van der Waals surface area contributed by atoms with Crippen LogP contribution >= 0.6 is 15.9 Å². The van der Waals surface area contributed by atoms with Gasteiger partial charge in [0.1, 0.15) is 5.82 Å². The number of nitrogens with one attached hydrogen (secondary N) is 1. The Morgan fingerprint density at radius 1 is 1.44 bits per heavy atom. The maximum absolute atomic E-state index is 13.1. The molecule has 1 aromatic carbocycles. The maximum Gasteiger partial charge on any atom is 0.139 e. The highest BCUT2D eigenvalue weighted by molar-refractivity contribution is 9.10. The van der Waals surface area contributed by atoms with Crippen LogP contribution < -0.4 is 11.1 Å². The zero-order valence-electron chi connectivity index (χ0n) is 9.90. The first-order valence-corrected chi connectivity index (χ1v) is 6.13. The number of hydrogen-bond acceptors (Lipinski definition) is 2. The number of hydrogen-bond donors (Lipinski definition) is 2. The molecule has 0 bridgehead atoms. The first-order chi connectivity index (χ1) is 7.35. The molecule has 1 aromatic rings. The molecular weight excluding hydrogens is 271 g/mol. The standard InChI is InChI=1S/C12H18BrFN2/c1-4-12(2,3)7-16-11-5-8(13)9(14)6-10(11)15/h5-6,16H,4,7,15H2,1-3H3. The summed E-state index contributed by atoms with van der Waals surface area (Å²) in [4.78, 5) is 0. The summed E-state index contributed by atoms with van der Waals surface area (Å²) in [6.07, 6.45) is 1.07. The van der Waals surface area contributed by atoms with Crippen LogP contribution in [0.4, 0.5) is 15.8 Å². The van der Waals surface area contributed by atoms with Crippen molar-refractivity contribution in [3.8, 4) is 0 Å². The van der Waals surface area contributed by atoms with Crippen LogP contribution in [0.1, 0.15) is 27.2 Å². The molecule has 0 unspecified atom stereocenters. The highest BCUT2D eigenvalue weighted by Crippen LogP contribution is 2.28. The normalized spacial score (nSPS) is 11.6. The molecule has 0 aromatic heterocycles. The average Bonchev–Trinajstić information content (AvgIpc) is 2.22. The molecule has 0 heterocycles. The fourth-order valence-corrected chi connectivity index (χ4v) is 1.52. The first kappa shape index (κ1) is 13.3. The fraction of sp³-hybridized carbons (Fsp3) is 0.500. The van der Waals surface area contributed by atoms with Gasteiger partial charge >= 0.3 is 0 Å². The predicted molar refractivity (Wildman–Crippen MR) is 71.1 cm³/mol. The Bertz CT molecular complexity index is 378. The highest BCUT2D eigenvalue weighted by atomic mass is 79.9. The Morgan fingerprint density at radius 3 is 2.62 bits per heavy atom. The third-order valence-electron chi connectivity index (χ3n) is 2.81. The number of halogens is 2. The SMILES string of the molecule is CCC(C)(C)CNc1cc(Br)c(F)cc1N. The van der Waals surface area contributed by atoms with E-state index >= 15 is 0 Å². The van der Waals surface area contributed by atoms with E-state index in [2.05, 4.69) is 42.0 Å². The van der Waals surface area contributed by atoms with Crippen LogP contribution in [-0.4, -0.2) is 6.54 Å². The molecule has 0 aliphatic carbocycles. The molecular formula is C12H18BrFN2. The number of anilines is 2. The summed E-state index contributed by atoms with van der Waals surface area (Å²) in [5.41, 5.74) is 7.15. The van der Waals surface area contributed by atoms with Crippen LogP contribution in [0.15, 0.2) is 16.6 Å². The third-order valence-corrected chi connectivity index (χ3v) is 3.41. The molecule has 0 amide bonds. The van der Waals surface area contributed by atoms with Gasteiger partial charge in [0.25, 0.3) is 0 Å². The van der Waals surface area contributed by atoms with Crippen LogP contribution in [0.5, 0.6) is 0 Å². The summed E-state index contributed by atoms with van der Waals surface area (Å²) in [6, 6.07) is 3.00. The van der Waals surface area contributed by atoms with E-state index in [0.29, 0.717) is 10.2 Å². The maximum atomic E-state index is 13.1. The van der Waals surface area contributed by atoms with Crippen LogP contribution in [0, 0.1) is 11.2 Å². The Balaban J connectivity index is 2.79. The van der Waals surface area contributed by atoms with Gasteiger partial charge in [-0.1, -0.05) is 20.8 Å². The minimum absolute atomic E-state index is 0.202. The zero-order valence-corrected chi connectivity index (χ0v) is 11.5. The van der Waals surface area contributed by atoms with Crippen molar-refractivity contribution >= 4 is 27.3 Å². The Morgan fingerprint density at radius 2 is 2.06 bits per heavy atom. The van der Waals surface area contributed by atoms with E-state index in [1.54, 1.807) is 6.07 Å². The molecule has 0 aliphatic heterocycles. The molecule has 90 valence electrons. The van der Waals surface area contributed by atoms with Crippen LogP contribution in [0.3, 0.4) is 0 Å². The molecule has 0 fully saturated rings. The lowest BCUT2D eigenvalue weighted by molar-refractivity contribution is 0.377. The molecule has 1 rings (SSSR count). The minimum Gasteiger partial charge on any atom is -0.397 e. The highest BCUT2D eigenvalue weighted by Gasteiger charge is 2.15. The number of rotatable bonds is 4. The van der Waals surface area contributed by atoms with E-state index in [1.807, 2.05) is 0 Å². The average molecular weight is 289 g/mol. The largest absolute Gasteiger partial charge is 0.397 e. The Labute approximate surface area is 105 Å². The van der Waals surface area contributed by atoms with E-state index < -0.39 is 0 Å². The summed E-state index contributed by atoms with van der Waals surface area (Å²) >= 11 is 3.15. The zero-order chi connectivity index (χ0) is 12.3. The predicted octanol–water partition coefficient (Wildman–Crippen LogP) is 4.02. The van der Waals surface area contributed by atoms with Gasteiger partial charge in [0.05, 0.1) is 15.8 Å². The molecule has 0 aliphatic rings. The lowest BCUT2D eigenvalue weighted by Crippen LogP contribution is -2.22. The third kappa shape index (κ3) is 3.37. The van der Waals surface area contributed by atoms with E-state index in [-0.39, 0.29) is 11.2 Å². The first-order valence-electron chi connectivity index (χ1n) is 5.34. The van der Waals surface area contributed by atoms with Crippen molar-refractivity contribution in [1.29, 1.82) is 0 Å². The summed E-state index contributed by atoms with van der Waals surface area (Å²) in [5, 5.41) is 3.25. The van der Waals surface area contributed by atoms with Gasteiger partial charge in [0, 0.05) is 12.6 Å². The second-order valence-electron chi connectivity index (χ2n) is 4.72. The number of benzene rings is 1. The smallest absolute Gasteiger partial charge is 0.139 e. The van der Waals surface area contributed by atoms with Gasteiger partial charge in [-0.15, -0.1) is 0 Å². The molecule has 4 heteroatoms. The lowest BCUT2D eigenvalue weighted by atomic mass is 9.90. The topological polar surface area (TPSA) is 38.0 Å². The molecule has 0 saturated carbocycles.